The summed E-state index contributed by atoms with van der Waals surface area (Å²) in [4.78, 5) is 16.3. The summed E-state index contributed by atoms with van der Waals surface area (Å²) >= 11 is 0. The maximum absolute atomic E-state index is 12.3. The Bertz CT molecular complexity index is 727. The Hall–Kier alpha value is -2.64. The molecule has 0 unspecified atom stereocenters. The van der Waals surface area contributed by atoms with Crippen molar-refractivity contribution in [3.8, 4) is 11.8 Å². The number of hydrogen-bond acceptors (Lipinski definition) is 3. The molecule has 0 aliphatic rings. The normalized spacial score (nSPS) is 9.67. The molecule has 4 heteroatoms. The lowest BCUT2D eigenvalue weighted by atomic mass is 10.1. The van der Waals surface area contributed by atoms with Crippen LogP contribution in [0.1, 0.15) is 27.0 Å². The van der Waals surface area contributed by atoms with E-state index in [9.17, 15) is 4.79 Å². The first-order valence-electron chi connectivity index (χ1n) is 6.53. The minimum absolute atomic E-state index is 0.204. The van der Waals surface area contributed by atoms with Gasteiger partial charge in [0.2, 0.25) is 0 Å². The molecule has 1 amide bonds. The van der Waals surface area contributed by atoms with Crippen molar-refractivity contribution in [1.82, 2.24) is 4.98 Å². The second kappa shape index (κ2) is 6.69. The zero-order valence-electron chi connectivity index (χ0n) is 12.0. The summed E-state index contributed by atoms with van der Waals surface area (Å²) in [5.41, 5.74) is 3.80. The largest absolute Gasteiger partial charge is 0.384 e. The number of aryl methyl sites for hydroxylation is 2. The van der Waals surface area contributed by atoms with Crippen LogP contribution >= 0.6 is 0 Å². The van der Waals surface area contributed by atoms with Crippen molar-refractivity contribution in [2.24, 2.45) is 0 Å². The Morgan fingerprint density at radius 2 is 2.00 bits per heavy atom. The van der Waals surface area contributed by atoms with Crippen LogP contribution in [0.25, 0.3) is 0 Å². The van der Waals surface area contributed by atoms with Crippen molar-refractivity contribution in [3.05, 3.63) is 58.9 Å². The fraction of sp³-hybridized carbons (Fsp3) is 0.176. The average molecular weight is 280 g/mol. The molecular weight excluding hydrogens is 264 g/mol. The molecule has 0 fully saturated rings. The van der Waals surface area contributed by atoms with E-state index in [-0.39, 0.29) is 12.5 Å². The van der Waals surface area contributed by atoms with E-state index in [1.807, 2.05) is 26.0 Å². The second-order valence-corrected chi connectivity index (χ2v) is 4.75. The van der Waals surface area contributed by atoms with Crippen LogP contribution in [0.5, 0.6) is 0 Å². The van der Waals surface area contributed by atoms with Crippen LogP contribution in [0.15, 0.2) is 36.7 Å². The SMILES string of the molecule is Cc1cncc(NC(=O)c2cc(C)cc(C#CCO)c2)c1. The highest BCUT2D eigenvalue weighted by molar-refractivity contribution is 6.04. The van der Waals surface area contributed by atoms with E-state index in [0.29, 0.717) is 16.8 Å². The number of anilines is 1. The van der Waals surface area contributed by atoms with Gasteiger partial charge in [-0.15, -0.1) is 0 Å². The fourth-order valence-electron chi connectivity index (χ4n) is 1.95. The summed E-state index contributed by atoms with van der Waals surface area (Å²) < 4.78 is 0. The zero-order chi connectivity index (χ0) is 15.2. The van der Waals surface area contributed by atoms with Gasteiger partial charge in [0.25, 0.3) is 5.91 Å². The van der Waals surface area contributed by atoms with E-state index >= 15 is 0 Å². The van der Waals surface area contributed by atoms with Gasteiger partial charge in [-0.3, -0.25) is 9.78 Å². The number of nitrogens with one attached hydrogen (secondary N) is 1. The topological polar surface area (TPSA) is 62.2 Å². The highest BCUT2D eigenvalue weighted by Gasteiger charge is 2.08. The third-order valence-corrected chi connectivity index (χ3v) is 2.78. The number of aliphatic hydroxyl groups is 1. The number of carbonyl (C=O) groups is 1. The predicted molar refractivity (Wildman–Crippen MR) is 82.1 cm³/mol. The van der Waals surface area contributed by atoms with Gasteiger partial charge in [-0.2, -0.15) is 0 Å². The third-order valence-electron chi connectivity index (χ3n) is 2.78. The quantitative estimate of drug-likeness (QED) is 0.830. The van der Waals surface area contributed by atoms with Crippen molar-refractivity contribution in [1.29, 1.82) is 0 Å². The summed E-state index contributed by atoms with van der Waals surface area (Å²) in [5, 5.41) is 11.5. The molecule has 0 aliphatic heterocycles. The van der Waals surface area contributed by atoms with E-state index in [0.717, 1.165) is 11.1 Å². The predicted octanol–water partition coefficient (Wildman–Crippen LogP) is 2.29. The number of nitrogens with zero attached hydrogens (tertiary/aromatic N) is 1. The van der Waals surface area contributed by atoms with Gasteiger partial charge in [-0.25, -0.2) is 0 Å². The van der Waals surface area contributed by atoms with E-state index in [1.165, 1.54) is 0 Å². The smallest absolute Gasteiger partial charge is 0.255 e. The standard InChI is InChI=1S/C17H16N2O2/c1-12-6-14(4-3-5-20)9-15(7-12)17(21)19-16-8-13(2)10-18-11-16/h6-11,20H,5H2,1-2H3,(H,19,21). The second-order valence-electron chi connectivity index (χ2n) is 4.75. The van der Waals surface area contributed by atoms with Gasteiger partial charge < -0.3 is 10.4 Å². The molecule has 1 heterocycles. The molecule has 106 valence electrons. The Morgan fingerprint density at radius 1 is 1.19 bits per heavy atom. The molecule has 1 aromatic carbocycles. The summed E-state index contributed by atoms with van der Waals surface area (Å²) in [6, 6.07) is 7.22. The Balaban J connectivity index is 2.24. The minimum atomic E-state index is -0.210. The van der Waals surface area contributed by atoms with E-state index in [2.05, 4.69) is 22.1 Å². The van der Waals surface area contributed by atoms with Crippen molar-refractivity contribution in [3.63, 3.8) is 0 Å². The molecule has 0 bridgehead atoms. The molecule has 2 aromatic rings. The maximum Gasteiger partial charge on any atom is 0.255 e. The van der Waals surface area contributed by atoms with Gasteiger partial charge in [0.05, 0.1) is 11.9 Å². The van der Waals surface area contributed by atoms with E-state index in [1.54, 1.807) is 24.5 Å². The van der Waals surface area contributed by atoms with Crippen LogP contribution in [0, 0.1) is 25.7 Å². The zero-order valence-corrected chi connectivity index (χ0v) is 12.0. The molecule has 1 aromatic heterocycles. The lowest BCUT2D eigenvalue weighted by Gasteiger charge is -2.07. The summed E-state index contributed by atoms with van der Waals surface area (Å²) in [5.74, 6) is 5.18. The molecule has 0 saturated carbocycles. The number of rotatable bonds is 2. The maximum atomic E-state index is 12.3. The van der Waals surface area contributed by atoms with Gasteiger partial charge in [0.15, 0.2) is 0 Å². The summed E-state index contributed by atoms with van der Waals surface area (Å²) in [7, 11) is 0. The van der Waals surface area contributed by atoms with Crippen LogP contribution in [0.3, 0.4) is 0 Å². The molecule has 0 radical (unpaired) electrons. The van der Waals surface area contributed by atoms with Crippen molar-refractivity contribution >= 4 is 11.6 Å². The highest BCUT2D eigenvalue weighted by atomic mass is 16.2. The van der Waals surface area contributed by atoms with Gasteiger partial charge in [0, 0.05) is 17.3 Å². The molecule has 0 aliphatic carbocycles. The van der Waals surface area contributed by atoms with Crippen LogP contribution in [-0.4, -0.2) is 22.6 Å². The van der Waals surface area contributed by atoms with Crippen molar-refractivity contribution in [2.75, 3.05) is 11.9 Å². The van der Waals surface area contributed by atoms with Crippen LogP contribution < -0.4 is 5.32 Å². The number of aliphatic hydroxyl groups excluding tert-OH is 1. The Morgan fingerprint density at radius 3 is 2.71 bits per heavy atom. The first-order valence-corrected chi connectivity index (χ1v) is 6.53. The molecule has 0 saturated heterocycles. The first-order chi connectivity index (χ1) is 10.1. The van der Waals surface area contributed by atoms with Crippen LogP contribution in [0.4, 0.5) is 5.69 Å². The molecule has 0 spiro atoms. The molecule has 0 atom stereocenters. The monoisotopic (exact) mass is 280 g/mol. The summed E-state index contributed by atoms with van der Waals surface area (Å²) in [6.07, 6.45) is 3.33. The Labute approximate surface area is 123 Å². The van der Waals surface area contributed by atoms with Crippen molar-refractivity contribution in [2.45, 2.75) is 13.8 Å². The van der Waals surface area contributed by atoms with Gasteiger partial charge in [-0.05, 0) is 49.2 Å². The van der Waals surface area contributed by atoms with E-state index in [4.69, 9.17) is 5.11 Å². The van der Waals surface area contributed by atoms with Crippen LogP contribution in [0.2, 0.25) is 0 Å². The highest BCUT2D eigenvalue weighted by Crippen LogP contribution is 2.13. The number of benzene rings is 1. The first kappa shape index (κ1) is 14.8. The molecule has 4 nitrogen and oxygen atoms in total. The van der Waals surface area contributed by atoms with E-state index < -0.39 is 0 Å². The molecule has 2 rings (SSSR count). The molecule has 21 heavy (non-hydrogen) atoms. The Kier molecular flexibility index (Phi) is 4.70. The van der Waals surface area contributed by atoms with Gasteiger partial charge >= 0.3 is 0 Å². The third kappa shape index (κ3) is 4.16. The number of aromatic nitrogens is 1. The number of hydrogen-bond donors (Lipinski definition) is 2. The van der Waals surface area contributed by atoms with Crippen LogP contribution in [-0.2, 0) is 0 Å². The number of carbonyl (C=O) groups excluding carboxylic acids is 1. The number of pyridine rings is 1. The molecular formula is C17H16N2O2. The lowest BCUT2D eigenvalue weighted by Crippen LogP contribution is -2.12. The van der Waals surface area contributed by atoms with Gasteiger partial charge in [0.1, 0.15) is 6.61 Å². The molecule has 2 N–H and O–H groups in total. The average Bonchev–Trinajstić information content (AvgIpc) is 2.44. The number of amides is 1. The minimum Gasteiger partial charge on any atom is -0.384 e. The van der Waals surface area contributed by atoms with Gasteiger partial charge in [-0.1, -0.05) is 11.8 Å². The lowest BCUT2D eigenvalue weighted by molar-refractivity contribution is 0.102. The summed E-state index contributed by atoms with van der Waals surface area (Å²) in [6.45, 7) is 3.61. The van der Waals surface area contributed by atoms with Crippen molar-refractivity contribution < 1.29 is 9.90 Å². The fourth-order valence-corrected chi connectivity index (χ4v) is 1.95.